The zero-order valence-electron chi connectivity index (χ0n) is 20.0. The second kappa shape index (κ2) is 9.36. The highest BCUT2D eigenvalue weighted by Crippen LogP contribution is 2.44. The lowest BCUT2D eigenvalue weighted by Crippen LogP contribution is -2.51. The van der Waals surface area contributed by atoms with Crippen LogP contribution in [-0.2, 0) is 14.3 Å². The molecular formula is C28H32N2O5. The van der Waals surface area contributed by atoms with Crippen molar-refractivity contribution in [3.05, 3.63) is 59.7 Å². The van der Waals surface area contributed by atoms with Crippen molar-refractivity contribution in [2.45, 2.75) is 62.9 Å². The fourth-order valence-corrected chi connectivity index (χ4v) is 6.18. The number of ether oxygens (including phenoxy) is 1. The second-order valence-corrected chi connectivity index (χ2v) is 10.2. The van der Waals surface area contributed by atoms with Gasteiger partial charge in [-0.3, -0.25) is 4.79 Å². The Morgan fingerprint density at radius 3 is 2.34 bits per heavy atom. The summed E-state index contributed by atoms with van der Waals surface area (Å²) in [6.45, 7) is 2.35. The first-order chi connectivity index (χ1) is 16.9. The van der Waals surface area contributed by atoms with E-state index in [1.165, 1.54) is 16.0 Å². The number of aliphatic carboxylic acids is 1. The van der Waals surface area contributed by atoms with Crippen LogP contribution in [0.3, 0.4) is 0 Å². The summed E-state index contributed by atoms with van der Waals surface area (Å²) in [4.78, 5) is 39.0. The molecule has 7 nitrogen and oxygen atoms in total. The van der Waals surface area contributed by atoms with Gasteiger partial charge in [0.25, 0.3) is 0 Å². The van der Waals surface area contributed by atoms with Crippen LogP contribution in [0.1, 0.15) is 62.5 Å². The van der Waals surface area contributed by atoms with Crippen LogP contribution in [0.25, 0.3) is 11.1 Å². The van der Waals surface area contributed by atoms with Crippen molar-refractivity contribution in [2.24, 2.45) is 5.92 Å². The van der Waals surface area contributed by atoms with E-state index in [-0.39, 0.29) is 36.8 Å². The molecule has 1 heterocycles. The van der Waals surface area contributed by atoms with E-state index in [1.54, 1.807) is 6.92 Å². The molecule has 2 fully saturated rings. The summed E-state index contributed by atoms with van der Waals surface area (Å²) in [6.07, 6.45) is 3.49. The van der Waals surface area contributed by atoms with Crippen LogP contribution < -0.4 is 5.32 Å². The molecule has 7 heteroatoms. The monoisotopic (exact) mass is 476 g/mol. The first kappa shape index (κ1) is 23.4. The molecule has 184 valence electrons. The zero-order chi connectivity index (χ0) is 24.6. The van der Waals surface area contributed by atoms with Crippen molar-refractivity contribution >= 4 is 18.0 Å². The molecule has 0 aromatic heterocycles. The lowest BCUT2D eigenvalue weighted by molar-refractivity contribution is -0.155. The molecule has 2 aliphatic carbocycles. The number of carbonyl (C=O) groups is 3. The number of benzene rings is 2. The van der Waals surface area contributed by atoms with Crippen LogP contribution in [0.5, 0.6) is 0 Å². The first-order valence-corrected chi connectivity index (χ1v) is 12.5. The summed E-state index contributed by atoms with van der Waals surface area (Å²) >= 11 is 0. The average molecular weight is 477 g/mol. The molecule has 1 aliphatic heterocycles. The Morgan fingerprint density at radius 2 is 1.69 bits per heavy atom. The van der Waals surface area contributed by atoms with E-state index in [1.807, 2.05) is 24.3 Å². The number of carboxylic acid groups (broad SMARTS) is 1. The summed E-state index contributed by atoms with van der Waals surface area (Å²) in [6, 6.07) is 16.3. The molecule has 35 heavy (non-hydrogen) atoms. The van der Waals surface area contributed by atoms with E-state index in [4.69, 9.17) is 4.74 Å². The lowest BCUT2D eigenvalue weighted by Gasteiger charge is -2.32. The number of hydrogen-bond acceptors (Lipinski definition) is 4. The van der Waals surface area contributed by atoms with Gasteiger partial charge in [-0.15, -0.1) is 0 Å². The normalized spacial score (nSPS) is 25.2. The summed E-state index contributed by atoms with van der Waals surface area (Å²) in [5.41, 5.74) is 3.56. The van der Waals surface area contributed by atoms with Crippen molar-refractivity contribution in [3.63, 3.8) is 0 Å². The molecule has 2 amide bonds. The SMILES string of the molecule is C[C@]1(C(=O)O)CCCN1C(=O)CC1CCCC1NC(=O)OCC1c2ccccc2-c2ccccc21. The van der Waals surface area contributed by atoms with Gasteiger partial charge in [-0.1, -0.05) is 55.0 Å². The second-order valence-electron chi connectivity index (χ2n) is 10.2. The number of fused-ring (bicyclic) bond motifs is 3. The minimum absolute atomic E-state index is 0.00188. The van der Waals surface area contributed by atoms with E-state index in [9.17, 15) is 19.5 Å². The number of nitrogens with zero attached hydrogens (tertiary/aromatic N) is 1. The molecule has 2 unspecified atom stereocenters. The largest absolute Gasteiger partial charge is 0.480 e. The summed E-state index contributed by atoms with van der Waals surface area (Å²) in [5, 5.41) is 12.6. The van der Waals surface area contributed by atoms with Crippen LogP contribution in [0, 0.1) is 5.92 Å². The first-order valence-electron chi connectivity index (χ1n) is 12.5. The van der Waals surface area contributed by atoms with E-state index in [0.29, 0.717) is 19.4 Å². The van der Waals surface area contributed by atoms with Gasteiger partial charge in [-0.2, -0.15) is 0 Å². The quantitative estimate of drug-likeness (QED) is 0.638. The molecule has 2 aromatic rings. The maximum Gasteiger partial charge on any atom is 0.407 e. The third kappa shape index (κ3) is 4.28. The Balaban J connectivity index is 1.19. The topological polar surface area (TPSA) is 95.9 Å². The van der Waals surface area contributed by atoms with Crippen molar-refractivity contribution in [3.8, 4) is 11.1 Å². The summed E-state index contributed by atoms with van der Waals surface area (Å²) in [7, 11) is 0. The highest BCUT2D eigenvalue weighted by Gasteiger charge is 2.46. The van der Waals surface area contributed by atoms with Crippen molar-refractivity contribution in [2.75, 3.05) is 13.2 Å². The molecule has 2 aromatic carbocycles. The van der Waals surface area contributed by atoms with Crippen molar-refractivity contribution < 1.29 is 24.2 Å². The number of rotatable bonds is 6. The fraction of sp³-hybridized carbons (Fsp3) is 0.464. The maximum atomic E-state index is 13.0. The molecular weight excluding hydrogens is 444 g/mol. The van der Waals surface area contributed by atoms with E-state index in [0.717, 1.165) is 30.4 Å². The summed E-state index contributed by atoms with van der Waals surface area (Å²) in [5.74, 6) is -1.11. The molecule has 5 rings (SSSR count). The van der Waals surface area contributed by atoms with Gasteiger partial charge in [0.1, 0.15) is 12.1 Å². The molecule has 0 radical (unpaired) electrons. The standard InChI is InChI=1S/C28H32N2O5/c1-28(26(32)33)14-7-15-30(28)25(31)16-18-8-6-13-24(18)29-27(34)35-17-23-21-11-4-2-9-19(21)20-10-3-5-12-22(20)23/h2-5,9-12,18,23-24H,6-8,13-17H2,1H3,(H,29,34)(H,32,33)/t18?,24?,28-/m1/s1. The fourth-order valence-electron chi connectivity index (χ4n) is 6.18. The van der Waals surface area contributed by atoms with Crippen molar-refractivity contribution in [1.29, 1.82) is 0 Å². The number of amides is 2. The summed E-state index contributed by atoms with van der Waals surface area (Å²) < 4.78 is 5.70. The van der Waals surface area contributed by atoms with Crippen LogP contribution >= 0.6 is 0 Å². The zero-order valence-corrected chi connectivity index (χ0v) is 20.0. The van der Waals surface area contributed by atoms with Gasteiger partial charge in [0.2, 0.25) is 5.91 Å². The molecule has 1 saturated heterocycles. The number of nitrogens with one attached hydrogen (secondary N) is 1. The predicted molar refractivity (Wildman–Crippen MR) is 131 cm³/mol. The van der Waals surface area contributed by atoms with Crippen LogP contribution in [0.2, 0.25) is 0 Å². The Bertz CT molecular complexity index is 1100. The smallest absolute Gasteiger partial charge is 0.407 e. The molecule has 2 N–H and O–H groups in total. The number of carboxylic acids is 1. The number of likely N-dealkylation sites (tertiary alicyclic amines) is 1. The van der Waals surface area contributed by atoms with Gasteiger partial charge in [-0.25, -0.2) is 9.59 Å². The van der Waals surface area contributed by atoms with E-state index >= 15 is 0 Å². The van der Waals surface area contributed by atoms with Gasteiger partial charge in [0.15, 0.2) is 0 Å². The Hall–Kier alpha value is -3.35. The molecule has 0 spiro atoms. The Morgan fingerprint density at radius 1 is 1.03 bits per heavy atom. The molecule has 1 saturated carbocycles. The lowest BCUT2D eigenvalue weighted by atomic mass is 9.95. The highest BCUT2D eigenvalue weighted by molar-refractivity contribution is 5.87. The number of carbonyl (C=O) groups excluding carboxylic acids is 2. The minimum Gasteiger partial charge on any atom is -0.480 e. The van der Waals surface area contributed by atoms with E-state index < -0.39 is 17.6 Å². The maximum absolute atomic E-state index is 13.0. The molecule has 3 aliphatic rings. The van der Waals surface area contributed by atoms with E-state index in [2.05, 4.69) is 29.6 Å². The van der Waals surface area contributed by atoms with Gasteiger partial charge in [0.05, 0.1) is 0 Å². The van der Waals surface area contributed by atoms with Gasteiger partial charge in [-0.05, 0) is 60.8 Å². The van der Waals surface area contributed by atoms with Crippen molar-refractivity contribution in [1.82, 2.24) is 10.2 Å². The Kier molecular flexibility index (Phi) is 6.26. The number of alkyl carbamates (subject to hydrolysis) is 1. The Labute approximate surface area is 205 Å². The third-order valence-electron chi connectivity index (χ3n) is 8.15. The minimum atomic E-state index is -1.13. The van der Waals surface area contributed by atoms with Crippen LogP contribution in [-0.4, -0.2) is 52.7 Å². The highest BCUT2D eigenvalue weighted by atomic mass is 16.5. The molecule has 0 bridgehead atoms. The predicted octanol–water partition coefficient (Wildman–Crippen LogP) is 4.55. The van der Waals surface area contributed by atoms with Gasteiger partial charge >= 0.3 is 12.1 Å². The molecule has 3 atom stereocenters. The van der Waals surface area contributed by atoms with Gasteiger partial charge in [0, 0.05) is 24.9 Å². The number of hydrogen-bond donors (Lipinski definition) is 2. The van der Waals surface area contributed by atoms with Gasteiger partial charge < -0.3 is 20.1 Å². The average Bonchev–Trinajstić information content (AvgIpc) is 3.54. The van der Waals surface area contributed by atoms with Crippen LogP contribution in [0.4, 0.5) is 4.79 Å². The van der Waals surface area contributed by atoms with Crippen LogP contribution in [0.15, 0.2) is 48.5 Å². The third-order valence-corrected chi connectivity index (χ3v) is 8.15.